The summed E-state index contributed by atoms with van der Waals surface area (Å²) in [6.45, 7) is 3.75. The van der Waals surface area contributed by atoms with Crippen LogP contribution in [0.5, 0.6) is 0 Å². The van der Waals surface area contributed by atoms with E-state index in [4.69, 9.17) is 0 Å². The Morgan fingerprint density at radius 2 is 1.76 bits per heavy atom. The van der Waals surface area contributed by atoms with Gasteiger partial charge in [0, 0.05) is 37.7 Å². The van der Waals surface area contributed by atoms with Crippen molar-refractivity contribution in [1.82, 2.24) is 19.9 Å². The molecule has 9 heteroatoms. The van der Waals surface area contributed by atoms with E-state index in [2.05, 4.69) is 20.3 Å². The van der Waals surface area contributed by atoms with E-state index in [0.29, 0.717) is 19.6 Å². The summed E-state index contributed by atoms with van der Waals surface area (Å²) in [7, 11) is -3.24. The average molecular weight is 476 g/mol. The van der Waals surface area contributed by atoms with Crippen LogP contribution in [0.25, 0.3) is 16.6 Å². The van der Waals surface area contributed by atoms with Crippen molar-refractivity contribution in [2.45, 2.75) is 18.4 Å². The lowest BCUT2D eigenvalue weighted by molar-refractivity contribution is -0.125. The van der Waals surface area contributed by atoms with Gasteiger partial charge in [-0.1, -0.05) is 42.0 Å². The van der Waals surface area contributed by atoms with Crippen LogP contribution in [-0.4, -0.2) is 48.3 Å². The van der Waals surface area contributed by atoms with Crippen LogP contribution in [0.4, 0.5) is 5.82 Å². The van der Waals surface area contributed by atoms with Crippen molar-refractivity contribution in [2.75, 3.05) is 24.2 Å². The Bertz CT molecular complexity index is 1450. The van der Waals surface area contributed by atoms with E-state index in [1.165, 1.54) is 18.1 Å². The number of nitrogens with zero attached hydrogens (tertiary/aromatic N) is 4. The van der Waals surface area contributed by atoms with E-state index in [0.717, 1.165) is 28.0 Å². The largest absolute Gasteiger partial charge is 0.353 e. The number of rotatable bonds is 6. The fourth-order valence-corrected chi connectivity index (χ4v) is 4.70. The Balaban J connectivity index is 1.27. The second-order valence-electron chi connectivity index (χ2n) is 8.74. The maximum atomic E-state index is 12.6. The van der Waals surface area contributed by atoms with Crippen molar-refractivity contribution >= 4 is 27.1 Å². The summed E-state index contributed by atoms with van der Waals surface area (Å²) in [5.41, 5.74) is 4.91. The number of carbonyl (C=O) groups is 1. The van der Waals surface area contributed by atoms with Gasteiger partial charge in [-0.25, -0.2) is 17.9 Å². The SMILES string of the molecule is Cc1ccc(CNC(=O)C2CN(c3ncnn4cc(-c5ccc(S(C)(=O)=O)cc5)cc34)C2)cc1. The van der Waals surface area contributed by atoms with E-state index >= 15 is 0 Å². The molecule has 4 aromatic rings. The van der Waals surface area contributed by atoms with Crippen molar-refractivity contribution in [3.05, 3.63) is 78.2 Å². The highest BCUT2D eigenvalue weighted by Gasteiger charge is 2.34. The van der Waals surface area contributed by atoms with Gasteiger partial charge in [0.05, 0.1) is 10.8 Å². The van der Waals surface area contributed by atoms with Crippen molar-refractivity contribution in [1.29, 1.82) is 0 Å². The minimum Gasteiger partial charge on any atom is -0.353 e. The first-order valence-electron chi connectivity index (χ1n) is 11.0. The van der Waals surface area contributed by atoms with E-state index in [9.17, 15) is 13.2 Å². The van der Waals surface area contributed by atoms with Gasteiger partial charge in [-0.2, -0.15) is 5.10 Å². The molecule has 2 aromatic heterocycles. The molecule has 1 aliphatic heterocycles. The number of fused-ring (bicyclic) bond motifs is 1. The molecular weight excluding hydrogens is 450 g/mol. The van der Waals surface area contributed by atoms with Gasteiger partial charge in [-0.05, 0) is 36.2 Å². The maximum absolute atomic E-state index is 12.6. The van der Waals surface area contributed by atoms with Crippen LogP contribution in [0.15, 0.2) is 72.0 Å². The average Bonchev–Trinajstić information content (AvgIpc) is 3.22. The Hall–Kier alpha value is -3.72. The van der Waals surface area contributed by atoms with E-state index < -0.39 is 9.84 Å². The van der Waals surface area contributed by atoms with Crippen molar-refractivity contribution in [2.24, 2.45) is 5.92 Å². The lowest BCUT2D eigenvalue weighted by Gasteiger charge is -2.39. The van der Waals surface area contributed by atoms with Crippen LogP contribution >= 0.6 is 0 Å². The normalized spacial score (nSPS) is 14.2. The molecule has 174 valence electrons. The Morgan fingerprint density at radius 1 is 1.06 bits per heavy atom. The lowest BCUT2D eigenvalue weighted by Crippen LogP contribution is -2.54. The predicted octanol–water partition coefficient (Wildman–Crippen LogP) is 2.86. The fraction of sp³-hybridized carbons (Fsp3) is 0.240. The molecule has 0 saturated carbocycles. The third kappa shape index (κ3) is 4.38. The number of hydrogen-bond acceptors (Lipinski definition) is 6. The molecule has 8 nitrogen and oxygen atoms in total. The minimum absolute atomic E-state index is 0.0453. The molecule has 2 aromatic carbocycles. The van der Waals surface area contributed by atoms with E-state index in [1.54, 1.807) is 28.8 Å². The van der Waals surface area contributed by atoms with Gasteiger partial charge in [-0.15, -0.1) is 0 Å². The molecular formula is C25H25N5O3S. The molecule has 1 amide bonds. The Kier molecular flexibility index (Phi) is 5.57. The van der Waals surface area contributed by atoms with Gasteiger partial charge in [0.25, 0.3) is 0 Å². The summed E-state index contributed by atoms with van der Waals surface area (Å²) in [5, 5.41) is 7.34. The van der Waals surface area contributed by atoms with Gasteiger partial charge in [0.1, 0.15) is 11.8 Å². The number of aryl methyl sites for hydroxylation is 1. The number of carbonyl (C=O) groups excluding carboxylic acids is 1. The molecule has 1 N–H and O–H groups in total. The zero-order chi connectivity index (χ0) is 23.9. The summed E-state index contributed by atoms with van der Waals surface area (Å²) in [5.74, 6) is 0.735. The highest BCUT2D eigenvalue weighted by Crippen LogP contribution is 2.30. The number of amides is 1. The Labute approximate surface area is 198 Å². The van der Waals surface area contributed by atoms with Gasteiger partial charge in [0.2, 0.25) is 5.91 Å². The quantitative estimate of drug-likeness (QED) is 0.461. The topological polar surface area (TPSA) is 96.7 Å². The second-order valence-corrected chi connectivity index (χ2v) is 10.8. The molecule has 1 aliphatic rings. The van der Waals surface area contributed by atoms with Gasteiger partial charge in [-0.3, -0.25) is 4.79 Å². The lowest BCUT2D eigenvalue weighted by atomic mass is 9.99. The number of anilines is 1. The summed E-state index contributed by atoms with van der Waals surface area (Å²) in [6, 6.07) is 16.9. The number of nitrogens with one attached hydrogen (secondary N) is 1. The van der Waals surface area contributed by atoms with Gasteiger partial charge in [0.15, 0.2) is 15.7 Å². The van der Waals surface area contributed by atoms with Crippen LogP contribution in [0.3, 0.4) is 0 Å². The molecule has 34 heavy (non-hydrogen) atoms. The molecule has 0 unspecified atom stereocenters. The molecule has 1 fully saturated rings. The van der Waals surface area contributed by atoms with Crippen LogP contribution in [-0.2, 0) is 21.2 Å². The third-order valence-electron chi connectivity index (χ3n) is 6.14. The highest BCUT2D eigenvalue weighted by atomic mass is 32.2. The standard InChI is InChI=1S/C25H25N5O3S/c1-17-3-5-18(6-4-17)12-26-25(31)21-13-29(14-21)24-23-11-20(15-30(23)28-16-27-24)19-7-9-22(10-8-19)34(2,32)33/h3-11,15-16,21H,12-14H2,1-2H3,(H,26,31). The van der Waals surface area contributed by atoms with Crippen molar-refractivity contribution < 1.29 is 13.2 Å². The second kappa shape index (κ2) is 8.57. The van der Waals surface area contributed by atoms with Crippen molar-refractivity contribution in [3.63, 3.8) is 0 Å². The third-order valence-corrected chi connectivity index (χ3v) is 7.27. The van der Waals surface area contributed by atoms with Crippen LogP contribution in [0.1, 0.15) is 11.1 Å². The number of hydrogen-bond donors (Lipinski definition) is 1. The summed E-state index contributed by atoms with van der Waals surface area (Å²) >= 11 is 0. The predicted molar refractivity (Wildman–Crippen MR) is 130 cm³/mol. The van der Waals surface area contributed by atoms with E-state index in [1.807, 2.05) is 43.5 Å². The minimum atomic E-state index is -3.24. The van der Waals surface area contributed by atoms with Crippen molar-refractivity contribution in [3.8, 4) is 11.1 Å². The van der Waals surface area contributed by atoms with Crippen LogP contribution in [0.2, 0.25) is 0 Å². The summed E-state index contributed by atoms with van der Waals surface area (Å²) < 4.78 is 25.2. The fourth-order valence-electron chi connectivity index (χ4n) is 4.07. The number of benzene rings is 2. The zero-order valence-electron chi connectivity index (χ0n) is 19.0. The summed E-state index contributed by atoms with van der Waals surface area (Å²) in [6.07, 6.45) is 4.59. The van der Waals surface area contributed by atoms with Crippen LogP contribution in [0, 0.1) is 12.8 Å². The molecule has 0 radical (unpaired) electrons. The van der Waals surface area contributed by atoms with E-state index in [-0.39, 0.29) is 16.7 Å². The number of sulfone groups is 1. The molecule has 0 spiro atoms. The Morgan fingerprint density at radius 3 is 2.44 bits per heavy atom. The first-order chi connectivity index (χ1) is 16.3. The zero-order valence-corrected chi connectivity index (χ0v) is 19.8. The van der Waals surface area contributed by atoms with Gasteiger partial charge < -0.3 is 10.2 Å². The molecule has 0 bridgehead atoms. The monoisotopic (exact) mass is 475 g/mol. The molecule has 3 heterocycles. The first-order valence-corrected chi connectivity index (χ1v) is 12.9. The first kappa shape index (κ1) is 22.1. The highest BCUT2D eigenvalue weighted by molar-refractivity contribution is 7.90. The maximum Gasteiger partial charge on any atom is 0.226 e. The van der Waals surface area contributed by atoms with Gasteiger partial charge >= 0.3 is 0 Å². The number of aromatic nitrogens is 3. The van der Waals surface area contributed by atoms with Crippen LogP contribution < -0.4 is 10.2 Å². The molecule has 0 atom stereocenters. The molecule has 0 aliphatic carbocycles. The molecule has 1 saturated heterocycles. The smallest absolute Gasteiger partial charge is 0.226 e. The summed E-state index contributed by atoms with van der Waals surface area (Å²) in [4.78, 5) is 19.4. The molecule has 5 rings (SSSR count).